The van der Waals surface area contributed by atoms with Crippen molar-refractivity contribution < 1.29 is 4.79 Å². The fraction of sp³-hybridized carbons (Fsp3) is 0.154. The van der Waals surface area contributed by atoms with E-state index in [4.69, 9.17) is 5.73 Å². The lowest BCUT2D eigenvalue weighted by Gasteiger charge is -2.01. The monoisotopic (exact) mass is 274 g/mol. The highest BCUT2D eigenvalue weighted by atomic mass is 32.1. The molecular formula is C13H14N4OS. The van der Waals surface area contributed by atoms with Crippen molar-refractivity contribution in [3.8, 4) is 0 Å². The summed E-state index contributed by atoms with van der Waals surface area (Å²) in [7, 11) is 0. The summed E-state index contributed by atoms with van der Waals surface area (Å²) in [5.74, 6) is -0.290. The van der Waals surface area contributed by atoms with Crippen molar-refractivity contribution >= 4 is 28.1 Å². The fourth-order valence-electron chi connectivity index (χ4n) is 1.56. The molecule has 0 atom stereocenters. The Balaban J connectivity index is 2.10. The molecule has 6 heteroatoms. The Kier molecular flexibility index (Phi) is 3.91. The van der Waals surface area contributed by atoms with E-state index in [0.29, 0.717) is 15.7 Å². The van der Waals surface area contributed by atoms with Gasteiger partial charge in [0.25, 0.3) is 5.91 Å². The molecule has 0 saturated carbocycles. The van der Waals surface area contributed by atoms with Crippen molar-refractivity contribution in [1.82, 2.24) is 10.4 Å². The quantitative estimate of drug-likeness (QED) is 0.665. The van der Waals surface area contributed by atoms with E-state index >= 15 is 0 Å². The largest absolute Gasteiger partial charge is 0.375 e. The minimum atomic E-state index is -0.290. The molecule has 2 rings (SSSR count). The molecule has 1 aromatic carbocycles. The molecule has 0 aliphatic heterocycles. The first-order valence-corrected chi connectivity index (χ1v) is 6.52. The van der Waals surface area contributed by atoms with Crippen molar-refractivity contribution in [2.45, 2.75) is 13.8 Å². The lowest BCUT2D eigenvalue weighted by molar-refractivity contribution is 0.0958. The summed E-state index contributed by atoms with van der Waals surface area (Å²) < 4.78 is 0. The standard InChI is InChI=1S/C13H14N4OS/c1-8(10-6-4-3-5-7-10)16-17-12(18)11-9(2)15-13(14)19-11/h3-7H,1-2H3,(H2,14,15)(H,17,18)/b16-8+. The number of hydrogen-bond acceptors (Lipinski definition) is 5. The fourth-order valence-corrected chi connectivity index (χ4v) is 2.28. The molecular weight excluding hydrogens is 260 g/mol. The molecule has 2 aromatic rings. The normalized spacial score (nSPS) is 11.4. The molecule has 0 saturated heterocycles. The average Bonchev–Trinajstić information content (AvgIpc) is 2.75. The van der Waals surface area contributed by atoms with Crippen LogP contribution in [0.25, 0.3) is 0 Å². The highest BCUT2D eigenvalue weighted by Gasteiger charge is 2.13. The van der Waals surface area contributed by atoms with Gasteiger partial charge < -0.3 is 5.73 Å². The number of nitrogens with one attached hydrogen (secondary N) is 1. The van der Waals surface area contributed by atoms with Crippen molar-refractivity contribution in [1.29, 1.82) is 0 Å². The minimum Gasteiger partial charge on any atom is -0.375 e. The summed E-state index contributed by atoms with van der Waals surface area (Å²) in [5, 5.41) is 4.46. The Morgan fingerprint density at radius 1 is 1.37 bits per heavy atom. The van der Waals surface area contributed by atoms with Gasteiger partial charge in [0.15, 0.2) is 5.13 Å². The maximum absolute atomic E-state index is 11.9. The summed E-state index contributed by atoms with van der Waals surface area (Å²) in [6.45, 7) is 3.58. The van der Waals surface area contributed by atoms with Crippen molar-refractivity contribution in [3.05, 3.63) is 46.5 Å². The second kappa shape index (κ2) is 5.62. The number of hydrogen-bond donors (Lipinski definition) is 2. The smallest absolute Gasteiger partial charge is 0.283 e. The zero-order valence-electron chi connectivity index (χ0n) is 10.7. The van der Waals surface area contributed by atoms with E-state index in [0.717, 1.165) is 22.6 Å². The van der Waals surface area contributed by atoms with Crippen LogP contribution in [0.4, 0.5) is 5.13 Å². The summed E-state index contributed by atoms with van der Waals surface area (Å²) in [6.07, 6.45) is 0. The van der Waals surface area contributed by atoms with Gasteiger partial charge in [-0.2, -0.15) is 5.10 Å². The van der Waals surface area contributed by atoms with Gasteiger partial charge in [0.1, 0.15) is 4.88 Å². The van der Waals surface area contributed by atoms with Gasteiger partial charge in [-0.05, 0) is 19.4 Å². The predicted molar refractivity (Wildman–Crippen MR) is 77.4 cm³/mol. The van der Waals surface area contributed by atoms with Crippen molar-refractivity contribution in [2.75, 3.05) is 5.73 Å². The SMILES string of the molecule is C/C(=N\NC(=O)c1sc(N)nc1C)c1ccccc1. The first-order chi connectivity index (χ1) is 9.08. The number of anilines is 1. The molecule has 0 radical (unpaired) electrons. The second-order valence-electron chi connectivity index (χ2n) is 3.97. The third kappa shape index (κ3) is 3.17. The summed E-state index contributed by atoms with van der Waals surface area (Å²) in [6, 6.07) is 9.63. The number of rotatable bonds is 3. The van der Waals surface area contributed by atoms with E-state index in [2.05, 4.69) is 15.5 Å². The first-order valence-electron chi connectivity index (χ1n) is 5.71. The van der Waals surface area contributed by atoms with E-state index in [9.17, 15) is 4.79 Å². The van der Waals surface area contributed by atoms with Crippen LogP contribution in [0.15, 0.2) is 35.4 Å². The van der Waals surface area contributed by atoms with Gasteiger partial charge in [-0.15, -0.1) is 0 Å². The Labute approximate surface area is 115 Å². The molecule has 0 aliphatic rings. The van der Waals surface area contributed by atoms with Gasteiger partial charge in [0, 0.05) is 0 Å². The van der Waals surface area contributed by atoms with Crippen LogP contribution in [-0.2, 0) is 0 Å². The molecule has 0 spiro atoms. The van der Waals surface area contributed by atoms with Crippen LogP contribution in [0.2, 0.25) is 0 Å². The molecule has 0 fully saturated rings. The van der Waals surface area contributed by atoms with E-state index in [1.165, 1.54) is 0 Å². The average molecular weight is 274 g/mol. The zero-order valence-corrected chi connectivity index (χ0v) is 11.5. The van der Waals surface area contributed by atoms with Crippen LogP contribution in [0.1, 0.15) is 27.9 Å². The van der Waals surface area contributed by atoms with Crippen molar-refractivity contribution in [3.63, 3.8) is 0 Å². The Hall–Kier alpha value is -2.21. The van der Waals surface area contributed by atoms with Gasteiger partial charge in [0.05, 0.1) is 11.4 Å². The molecule has 1 amide bonds. The number of nitrogens with two attached hydrogens (primary N) is 1. The van der Waals surface area contributed by atoms with E-state index in [1.807, 2.05) is 37.3 Å². The summed E-state index contributed by atoms with van der Waals surface area (Å²) >= 11 is 1.16. The van der Waals surface area contributed by atoms with Crippen LogP contribution < -0.4 is 11.2 Å². The van der Waals surface area contributed by atoms with Gasteiger partial charge in [0.2, 0.25) is 0 Å². The number of aromatic nitrogens is 1. The number of nitrogens with zero attached hydrogens (tertiary/aromatic N) is 2. The van der Waals surface area contributed by atoms with Crippen LogP contribution >= 0.6 is 11.3 Å². The minimum absolute atomic E-state index is 0.290. The Morgan fingerprint density at radius 2 is 2.05 bits per heavy atom. The van der Waals surface area contributed by atoms with E-state index < -0.39 is 0 Å². The van der Waals surface area contributed by atoms with Crippen LogP contribution in [0, 0.1) is 6.92 Å². The third-order valence-electron chi connectivity index (χ3n) is 2.54. The molecule has 0 aliphatic carbocycles. The van der Waals surface area contributed by atoms with Crippen LogP contribution in [0.3, 0.4) is 0 Å². The number of benzene rings is 1. The Bertz CT molecular complexity index is 619. The highest BCUT2D eigenvalue weighted by Crippen LogP contribution is 2.19. The van der Waals surface area contributed by atoms with E-state index in [-0.39, 0.29) is 5.91 Å². The van der Waals surface area contributed by atoms with Gasteiger partial charge in [-0.1, -0.05) is 41.7 Å². The molecule has 3 N–H and O–H groups in total. The zero-order chi connectivity index (χ0) is 13.8. The molecule has 1 aromatic heterocycles. The number of amides is 1. The first kappa shape index (κ1) is 13.2. The van der Waals surface area contributed by atoms with Crippen LogP contribution in [-0.4, -0.2) is 16.6 Å². The molecule has 5 nitrogen and oxygen atoms in total. The second-order valence-corrected chi connectivity index (χ2v) is 5.00. The maximum Gasteiger partial charge on any atom is 0.283 e. The number of carbonyl (C=O) groups excluding carboxylic acids is 1. The lowest BCUT2D eigenvalue weighted by Crippen LogP contribution is -2.19. The number of thiazole rings is 1. The van der Waals surface area contributed by atoms with Gasteiger partial charge in [-0.3, -0.25) is 4.79 Å². The van der Waals surface area contributed by atoms with Gasteiger partial charge in [-0.25, -0.2) is 10.4 Å². The number of hydrazone groups is 1. The van der Waals surface area contributed by atoms with Gasteiger partial charge >= 0.3 is 0 Å². The van der Waals surface area contributed by atoms with E-state index in [1.54, 1.807) is 6.92 Å². The van der Waals surface area contributed by atoms with Crippen LogP contribution in [0.5, 0.6) is 0 Å². The van der Waals surface area contributed by atoms with Crippen molar-refractivity contribution in [2.24, 2.45) is 5.10 Å². The molecule has 19 heavy (non-hydrogen) atoms. The molecule has 98 valence electrons. The molecule has 0 unspecified atom stereocenters. The lowest BCUT2D eigenvalue weighted by atomic mass is 10.1. The third-order valence-corrected chi connectivity index (χ3v) is 3.52. The molecule has 1 heterocycles. The molecule has 0 bridgehead atoms. The number of carbonyl (C=O) groups is 1. The maximum atomic E-state index is 11.9. The number of aryl methyl sites for hydroxylation is 1. The highest BCUT2D eigenvalue weighted by molar-refractivity contribution is 7.17. The number of nitrogen functional groups attached to an aromatic ring is 1. The summed E-state index contributed by atoms with van der Waals surface area (Å²) in [5.41, 5.74) is 10.4. The predicted octanol–water partition coefficient (Wildman–Crippen LogP) is 2.19. The topological polar surface area (TPSA) is 80.4 Å². The Morgan fingerprint density at radius 3 is 2.63 bits per heavy atom. The summed E-state index contributed by atoms with van der Waals surface area (Å²) in [4.78, 5) is 16.4.